The summed E-state index contributed by atoms with van der Waals surface area (Å²) in [5, 5.41) is 21.1. The molecular formula is C23H25N5O4S2. The maximum Gasteiger partial charge on any atom is 0.284 e. The number of sulfonamides is 1. The first kappa shape index (κ1) is 23.0. The van der Waals surface area contributed by atoms with E-state index in [1.807, 2.05) is 34.9 Å². The van der Waals surface area contributed by atoms with Gasteiger partial charge in [0.25, 0.3) is 5.69 Å². The second-order valence-electron chi connectivity index (χ2n) is 8.86. The molecule has 0 bridgehead atoms. The van der Waals surface area contributed by atoms with Crippen molar-refractivity contribution in [3.63, 3.8) is 0 Å². The van der Waals surface area contributed by atoms with Crippen molar-refractivity contribution >= 4 is 27.5 Å². The third kappa shape index (κ3) is 4.47. The van der Waals surface area contributed by atoms with Crippen molar-refractivity contribution in [2.75, 3.05) is 13.1 Å². The first-order valence-electron chi connectivity index (χ1n) is 11.3. The molecule has 0 unspecified atom stereocenters. The maximum atomic E-state index is 13.1. The molecule has 1 saturated heterocycles. The van der Waals surface area contributed by atoms with E-state index in [1.165, 1.54) is 22.5 Å². The van der Waals surface area contributed by atoms with Gasteiger partial charge in [-0.05, 0) is 67.6 Å². The summed E-state index contributed by atoms with van der Waals surface area (Å²) in [7, 11) is -3.79. The Morgan fingerprint density at radius 2 is 1.74 bits per heavy atom. The third-order valence-electron chi connectivity index (χ3n) is 6.32. The number of hydrogen-bond acceptors (Lipinski definition) is 7. The van der Waals surface area contributed by atoms with Gasteiger partial charge in [0, 0.05) is 30.8 Å². The van der Waals surface area contributed by atoms with Gasteiger partial charge >= 0.3 is 0 Å². The molecule has 0 spiro atoms. The van der Waals surface area contributed by atoms with Crippen LogP contribution >= 0.6 is 11.8 Å². The molecule has 1 aliphatic carbocycles. The van der Waals surface area contributed by atoms with Crippen molar-refractivity contribution in [3.05, 3.63) is 64.5 Å². The van der Waals surface area contributed by atoms with Gasteiger partial charge in [0.05, 0.1) is 14.7 Å². The van der Waals surface area contributed by atoms with Gasteiger partial charge in [-0.3, -0.25) is 14.7 Å². The predicted molar refractivity (Wildman–Crippen MR) is 128 cm³/mol. The smallest absolute Gasteiger partial charge is 0.274 e. The molecule has 2 aliphatic rings. The highest BCUT2D eigenvalue weighted by atomic mass is 32.2. The number of para-hydroxylation sites is 1. The highest BCUT2D eigenvalue weighted by Crippen LogP contribution is 2.43. The first-order chi connectivity index (χ1) is 16.3. The fourth-order valence-corrected chi connectivity index (χ4v) is 6.57. The SMILES string of the molecule is CC1CCN(S(=O)(=O)c2ccc(Sc3nnc(C4CC4)n3-c3ccccc3)c([N+](=O)[O-])c2)CC1. The van der Waals surface area contributed by atoms with E-state index >= 15 is 0 Å². The molecule has 9 nitrogen and oxygen atoms in total. The minimum absolute atomic E-state index is 0.0544. The fraction of sp³-hybridized carbons (Fsp3) is 0.391. The van der Waals surface area contributed by atoms with Crippen LogP contribution in [0, 0.1) is 16.0 Å². The molecule has 1 saturated carbocycles. The Hall–Kier alpha value is -2.76. The lowest BCUT2D eigenvalue weighted by molar-refractivity contribution is -0.388. The highest BCUT2D eigenvalue weighted by molar-refractivity contribution is 7.99. The van der Waals surface area contributed by atoms with Crippen LogP contribution in [0.2, 0.25) is 0 Å². The molecule has 2 fully saturated rings. The zero-order valence-electron chi connectivity index (χ0n) is 18.7. The van der Waals surface area contributed by atoms with Gasteiger partial charge in [-0.2, -0.15) is 4.31 Å². The molecule has 178 valence electrons. The van der Waals surface area contributed by atoms with E-state index in [4.69, 9.17) is 0 Å². The summed E-state index contributed by atoms with van der Waals surface area (Å²) in [6.07, 6.45) is 3.65. The highest BCUT2D eigenvalue weighted by Gasteiger charge is 2.33. The van der Waals surface area contributed by atoms with Crippen molar-refractivity contribution in [2.45, 2.75) is 53.5 Å². The molecule has 1 aliphatic heterocycles. The zero-order valence-corrected chi connectivity index (χ0v) is 20.3. The number of aromatic nitrogens is 3. The number of nitro groups is 1. The van der Waals surface area contributed by atoms with Crippen LogP contribution in [0.5, 0.6) is 0 Å². The molecule has 1 aromatic heterocycles. The van der Waals surface area contributed by atoms with E-state index in [9.17, 15) is 18.5 Å². The van der Waals surface area contributed by atoms with E-state index in [0.717, 1.165) is 49.0 Å². The molecule has 0 amide bonds. The molecule has 2 aromatic carbocycles. The van der Waals surface area contributed by atoms with Gasteiger partial charge in [0.1, 0.15) is 5.82 Å². The average Bonchev–Trinajstić information content (AvgIpc) is 3.60. The van der Waals surface area contributed by atoms with Gasteiger partial charge in [-0.25, -0.2) is 8.42 Å². The van der Waals surface area contributed by atoms with E-state index in [0.29, 0.717) is 35.0 Å². The van der Waals surface area contributed by atoms with Crippen LogP contribution < -0.4 is 0 Å². The first-order valence-corrected chi connectivity index (χ1v) is 13.6. The van der Waals surface area contributed by atoms with Crippen LogP contribution in [0.15, 0.2) is 63.5 Å². The molecule has 11 heteroatoms. The standard InChI is InChI=1S/C23H25N5O4S2/c1-16-11-13-26(14-12-16)34(31,32)19-9-10-21(20(15-19)28(29)30)33-23-25-24-22(17-7-8-17)27(23)18-5-3-2-4-6-18/h2-6,9-10,15-17H,7-8,11-14H2,1H3. The maximum absolute atomic E-state index is 13.1. The number of piperidine rings is 1. The Bertz CT molecular complexity index is 1310. The lowest BCUT2D eigenvalue weighted by Crippen LogP contribution is -2.37. The van der Waals surface area contributed by atoms with Crippen LogP contribution in [0.3, 0.4) is 0 Å². The summed E-state index contributed by atoms with van der Waals surface area (Å²) in [4.78, 5) is 11.7. The lowest BCUT2D eigenvalue weighted by atomic mass is 10.0. The second-order valence-corrected chi connectivity index (χ2v) is 11.8. The second kappa shape index (κ2) is 9.12. The molecular weight excluding hydrogens is 474 g/mol. The van der Waals surface area contributed by atoms with E-state index < -0.39 is 14.9 Å². The van der Waals surface area contributed by atoms with Crippen molar-refractivity contribution in [2.24, 2.45) is 5.92 Å². The summed E-state index contributed by atoms with van der Waals surface area (Å²) in [6, 6.07) is 13.8. The average molecular weight is 500 g/mol. The zero-order chi connectivity index (χ0) is 23.9. The topological polar surface area (TPSA) is 111 Å². The number of nitro benzene ring substituents is 1. The van der Waals surface area contributed by atoms with Gasteiger partial charge in [0.15, 0.2) is 0 Å². The molecule has 5 rings (SSSR count). The lowest BCUT2D eigenvalue weighted by Gasteiger charge is -2.29. The summed E-state index contributed by atoms with van der Waals surface area (Å²) >= 11 is 1.12. The molecule has 0 atom stereocenters. The fourth-order valence-electron chi connectivity index (χ4n) is 4.13. The summed E-state index contributed by atoms with van der Waals surface area (Å²) in [5.41, 5.74) is 0.630. The minimum Gasteiger partial charge on any atom is -0.274 e. The molecule has 0 radical (unpaired) electrons. The molecule has 3 aromatic rings. The van der Waals surface area contributed by atoms with Crippen molar-refractivity contribution < 1.29 is 13.3 Å². The third-order valence-corrected chi connectivity index (χ3v) is 9.23. The van der Waals surface area contributed by atoms with Gasteiger partial charge in [-0.1, -0.05) is 25.1 Å². The van der Waals surface area contributed by atoms with Crippen molar-refractivity contribution in [1.29, 1.82) is 0 Å². The van der Waals surface area contributed by atoms with Gasteiger partial charge < -0.3 is 0 Å². The Morgan fingerprint density at radius 3 is 2.38 bits per heavy atom. The van der Waals surface area contributed by atoms with E-state index in [-0.39, 0.29) is 10.6 Å². The van der Waals surface area contributed by atoms with Crippen molar-refractivity contribution in [3.8, 4) is 5.69 Å². The van der Waals surface area contributed by atoms with Crippen LogP contribution in [-0.4, -0.2) is 45.5 Å². The summed E-state index contributed by atoms with van der Waals surface area (Å²) in [5.74, 6) is 1.65. The summed E-state index contributed by atoms with van der Waals surface area (Å²) in [6.45, 7) is 2.96. The Labute approximate surface area is 202 Å². The van der Waals surface area contributed by atoms with Crippen LogP contribution in [0.1, 0.15) is 44.3 Å². The van der Waals surface area contributed by atoms with Gasteiger partial charge in [0.2, 0.25) is 15.2 Å². The normalized spacial score (nSPS) is 17.7. The van der Waals surface area contributed by atoms with Crippen LogP contribution in [0.4, 0.5) is 5.69 Å². The Kier molecular flexibility index (Phi) is 6.17. The quantitative estimate of drug-likeness (QED) is 0.344. The van der Waals surface area contributed by atoms with Crippen LogP contribution in [0.25, 0.3) is 5.69 Å². The van der Waals surface area contributed by atoms with Crippen LogP contribution in [-0.2, 0) is 10.0 Å². The van der Waals surface area contributed by atoms with Crippen molar-refractivity contribution in [1.82, 2.24) is 19.1 Å². The largest absolute Gasteiger partial charge is 0.284 e. The number of benzene rings is 2. The molecule has 0 N–H and O–H groups in total. The Morgan fingerprint density at radius 1 is 1.03 bits per heavy atom. The number of hydrogen-bond donors (Lipinski definition) is 0. The molecule has 34 heavy (non-hydrogen) atoms. The van der Waals surface area contributed by atoms with E-state index in [2.05, 4.69) is 17.1 Å². The van der Waals surface area contributed by atoms with E-state index in [1.54, 1.807) is 0 Å². The predicted octanol–water partition coefficient (Wildman–Crippen LogP) is 4.62. The minimum atomic E-state index is -3.79. The number of rotatable bonds is 7. The van der Waals surface area contributed by atoms with Gasteiger partial charge in [-0.15, -0.1) is 10.2 Å². The molecule has 2 heterocycles. The monoisotopic (exact) mass is 499 g/mol. The number of nitrogens with zero attached hydrogens (tertiary/aromatic N) is 5. The summed E-state index contributed by atoms with van der Waals surface area (Å²) < 4.78 is 29.6. The Balaban J connectivity index is 1.49.